The molecule has 1 fully saturated rings. The number of aromatic amines is 1. The van der Waals surface area contributed by atoms with E-state index in [0.29, 0.717) is 11.5 Å². The number of fused-ring (bicyclic) bond motifs is 1. The third-order valence-electron chi connectivity index (χ3n) is 4.73. The van der Waals surface area contributed by atoms with Gasteiger partial charge in [-0.3, -0.25) is 4.98 Å². The van der Waals surface area contributed by atoms with E-state index in [4.69, 9.17) is 15.0 Å². The van der Waals surface area contributed by atoms with Gasteiger partial charge in [-0.05, 0) is 12.1 Å². The molecule has 0 unspecified atom stereocenters. The number of hydrogen-bond donors (Lipinski definition) is 2. The molecule has 4 aromatic rings. The van der Waals surface area contributed by atoms with Crippen molar-refractivity contribution >= 4 is 17.0 Å². The molecule has 3 aromatic heterocycles. The average molecular weight is 357 g/mol. The number of nitrogens with one attached hydrogen (secondary N) is 2. The van der Waals surface area contributed by atoms with Crippen molar-refractivity contribution in [1.29, 1.82) is 0 Å². The normalized spacial score (nSPS) is 14.6. The van der Waals surface area contributed by atoms with E-state index >= 15 is 0 Å². The van der Waals surface area contributed by atoms with Gasteiger partial charge in [0.15, 0.2) is 17.3 Å². The van der Waals surface area contributed by atoms with E-state index in [1.54, 1.807) is 12.4 Å². The molecule has 7 nitrogen and oxygen atoms in total. The summed E-state index contributed by atoms with van der Waals surface area (Å²) in [4.78, 5) is 24.2. The van der Waals surface area contributed by atoms with Crippen LogP contribution in [0.3, 0.4) is 0 Å². The second-order valence-corrected chi connectivity index (χ2v) is 6.49. The van der Waals surface area contributed by atoms with Crippen LogP contribution < -0.4 is 10.2 Å². The first-order valence-corrected chi connectivity index (χ1v) is 9.08. The molecule has 0 spiro atoms. The van der Waals surface area contributed by atoms with Gasteiger partial charge in [0.05, 0.1) is 0 Å². The minimum Gasteiger partial charge on any atom is -0.352 e. The monoisotopic (exact) mass is 357 g/mol. The number of H-pyrrole nitrogens is 1. The van der Waals surface area contributed by atoms with Crippen LogP contribution in [0.15, 0.2) is 54.9 Å². The summed E-state index contributed by atoms with van der Waals surface area (Å²) in [5, 5.41) is 3.39. The van der Waals surface area contributed by atoms with Gasteiger partial charge in [0, 0.05) is 49.7 Å². The topological polar surface area (TPSA) is 82.6 Å². The van der Waals surface area contributed by atoms with E-state index in [2.05, 4.69) is 20.2 Å². The molecule has 4 heterocycles. The molecule has 1 aliphatic rings. The second-order valence-electron chi connectivity index (χ2n) is 6.49. The number of imidazole rings is 1. The van der Waals surface area contributed by atoms with Gasteiger partial charge in [0.1, 0.15) is 11.3 Å². The Labute approximate surface area is 156 Å². The molecule has 7 heteroatoms. The molecule has 1 aliphatic heterocycles. The third kappa shape index (κ3) is 3.02. The molecule has 2 N–H and O–H groups in total. The van der Waals surface area contributed by atoms with Crippen LogP contribution in [-0.2, 0) is 0 Å². The third-order valence-corrected chi connectivity index (χ3v) is 4.73. The van der Waals surface area contributed by atoms with E-state index in [1.807, 2.05) is 42.5 Å². The lowest BCUT2D eigenvalue weighted by molar-refractivity contribution is 0.586. The number of rotatable bonds is 3. The number of anilines is 1. The number of pyridine rings is 1. The molecular weight excluding hydrogens is 338 g/mol. The predicted molar refractivity (Wildman–Crippen MR) is 105 cm³/mol. The summed E-state index contributed by atoms with van der Waals surface area (Å²) >= 11 is 0. The Morgan fingerprint density at radius 2 is 1.59 bits per heavy atom. The molecule has 0 saturated carbocycles. The standard InChI is InChI=1S/C20H19N7/c1-2-4-14(5-3-1)17-23-16-19(24-17)25-18(15-6-8-21-9-7-15)26-20(16)27-12-10-22-11-13-27/h1-9,22H,10-13H2,(H,23,24,25,26). The molecule has 134 valence electrons. The molecule has 0 radical (unpaired) electrons. The van der Waals surface area contributed by atoms with Gasteiger partial charge < -0.3 is 15.2 Å². The maximum absolute atomic E-state index is 4.89. The Kier molecular flexibility index (Phi) is 3.99. The number of benzene rings is 1. The van der Waals surface area contributed by atoms with Gasteiger partial charge in [-0.2, -0.15) is 0 Å². The average Bonchev–Trinajstić information content (AvgIpc) is 3.19. The summed E-state index contributed by atoms with van der Waals surface area (Å²) < 4.78 is 0. The predicted octanol–water partition coefficient (Wildman–Crippen LogP) is 2.49. The zero-order valence-electron chi connectivity index (χ0n) is 14.8. The second kappa shape index (κ2) is 6.77. The van der Waals surface area contributed by atoms with Crippen molar-refractivity contribution in [2.75, 3.05) is 31.1 Å². The summed E-state index contributed by atoms with van der Waals surface area (Å²) in [5.74, 6) is 2.38. The first-order chi connectivity index (χ1) is 13.4. The molecule has 5 rings (SSSR count). The van der Waals surface area contributed by atoms with Gasteiger partial charge >= 0.3 is 0 Å². The fourth-order valence-electron chi connectivity index (χ4n) is 3.35. The zero-order valence-corrected chi connectivity index (χ0v) is 14.8. The lowest BCUT2D eigenvalue weighted by Gasteiger charge is -2.28. The van der Waals surface area contributed by atoms with Crippen LogP contribution in [0.5, 0.6) is 0 Å². The summed E-state index contributed by atoms with van der Waals surface area (Å²) in [6, 6.07) is 13.9. The molecule has 1 aromatic carbocycles. The van der Waals surface area contributed by atoms with Crippen molar-refractivity contribution in [2.24, 2.45) is 0 Å². The maximum atomic E-state index is 4.89. The lowest BCUT2D eigenvalue weighted by Crippen LogP contribution is -2.44. The minimum absolute atomic E-state index is 0.671. The Balaban J connectivity index is 1.69. The molecule has 0 aliphatic carbocycles. The highest BCUT2D eigenvalue weighted by Crippen LogP contribution is 2.28. The van der Waals surface area contributed by atoms with Crippen LogP contribution in [0.2, 0.25) is 0 Å². The van der Waals surface area contributed by atoms with Crippen molar-refractivity contribution < 1.29 is 0 Å². The summed E-state index contributed by atoms with van der Waals surface area (Å²) in [5.41, 5.74) is 3.54. The van der Waals surface area contributed by atoms with E-state index in [9.17, 15) is 0 Å². The number of nitrogens with zero attached hydrogens (tertiary/aromatic N) is 5. The summed E-state index contributed by atoms with van der Waals surface area (Å²) in [6.07, 6.45) is 3.51. The van der Waals surface area contributed by atoms with Gasteiger partial charge in [0.25, 0.3) is 0 Å². The van der Waals surface area contributed by atoms with Crippen LogP contribution in [-0.4, -0.2) is 51.1 Å². The van der Waals surface area contributed by atoms with E-state index in [-0.39, 0.29) is 0 Å². The van der Waals surface area contributed by atoms with Gasteiger partial charge in [-0.15, -0.1) is 0 Å². The molecular formula is C20H19N7. The van der Waals surface area contributed by atoms with Crippen molar-refractivity contribution in [3.63, 3.8) is 0 Å². The van der Waals surface area contributed by atoms with Crippen molar-refractivity contribution in [2.45, 2.75) is 0 Å². The van der Waals surface area contributed by atoms with E-state index in [1.165, 1.54) is 0 Å². The van der Waals surface area contributed by atoms with Crippen LogP contribution in [0.1, 0.15) is 0 Å². The van der Waals surface area contributed by atoms with Crippen LogP contribution in [0.25, 0.3) is 33.9 Å². The molecule has 27 heavy (non-hydrogen) atoms. The Morgan fingerprint density at radius 3 is 2.37 bits per heavy atom. The first kappa shape index (κ1) is 15.9. The fourth-order valence-corrected chi connectivity index (χ4v) is 3.35. The Morgan fingerprint density at radius 1 is 0.815 bits per heavy atom. The van der Waals surface area contributed by atoms with Crippen molar-refractivity contribution in [3.05, 3.63) is 54.9 Å². The molecule has 1 saturated heterocycles. The SMILES string of the molecule is c1ccc(-c2nc3nc(-c4ccncc4)nc(N4CCNCC4)c3[nH]2)cc1. The van der Waals surface area contributed by atoms with Crippen LogP contribution in [0, 0.1) is 0 Å². The Bertz CT molecular complexity index is 1050. The highest BCUT2D eigenvalue weighted by atomic mass is 15.3. The summed E-state index contributed by atoms with van der Waals surface area (Å²) in [7, 11) is 0. The van der Waals surface area contributed by atoms with Gasteiger partial charge in [-0.1, -0.05) is 30.3 Å². The summed E-state index contributed by atoms with van der Waals surface area (Å²) in [6.45, 7) is 3.69. The first-order valence-electron chi connectivity index (χ1n) is 9.08. The largest absolute Gasteiger partial charge is 0.352 e. The van der Waals surface area contributed by atoms with Crippen LogP contribution >= 0.6 is 0 Å². The smallest absolute Gasteiger partial charge is 0.184 e. The van der Waals surface area contributed by atoms with Crippen LogP contribution in [0.4, 0.5) is 5.82 Å². The minimum atomic E-state index is 0.671. The van der Waals surface area contributed by atoms with Gasteiger partial charge in [-0.25, -0.2) is 15.0 Å². The molecule has 0 amide bonds. The van der Waals surface area contributed by atoms with Crippen molar-refractivity contribution in [1.82, 2.24) is 30.2 Å². The maximum Gasteiger partial charge on any atom is 0.184 e. The lowest BCUT2D eigenvalue weighted by atomic mass is 10.2. The number of aromatic nitrogens is 5. The Hall–Kier alpha value is -3.32. The van der Waals surface area contributed by atoms with E-state index in [0.717, 1.165) is 54.5 Å². The molecule has 0 bridgehead atoms. The van der Waals surface area contributed by atoms with E-state index < -0.39 is 0 Å². The number of piperazine rings is 1. The fraction of sp³-hybridized carbons (Fsp3) is 0.200. The molecule has 0 atom stereocenters. The quantitative estimate of drug-likeness (QED) is 0.586. The zero-order chi connectivity index (χ0) is 18.1. The highest BCUT2D eigenvalue weighted by Gasteiger charge is 2.20. The van der Waals surface area contributed by atoms with Crippen molar-refractivity contribution in [3.8, 4) is 22.8 Å². The number of hydrogen-bond acceptors (Lipinski definition) is 6. The van der Waals surface area contributed by atoms with Gasteiger partial charge in [0.2, 0.25) is 0 Å². The highest BCUT2D eigenvalue weighted by molar-refractivity contribution is 5.88.